The van der Waals surface area contributed by atoms with Gasteiger partial charge in [0.2, 0.25) is 0 Å². The van der Waals surface area contributed by atoms with Crippen LogP contribution in [-0.2, 0) is 0 Å². The summed E-state index contributed by atoms with van der Waals surface area (Å²) >= 11 is 0. The highest BCUT2D eigenvalue weighted by Crippen LogP contribution is 2.51. The van der Waals surface area contributed by atoms with E-state index in [1.54, 1.807) is 0 Å². The van der Waals surface area contributed by atoms with Crippen LogP contribution in [0.5, 0.6) is 0 Å². The minimum absolute atomic E-state index is 1.23. The molecule has 9 aromatic rings. The summed E-state index contributed by atoms with van der Waals surface area (Å²) in [7, 11) is 0. The molecule has 0 nitrogen and oxygen atoms in total. The molecule has 0 aliphatic heterocycles. The lowest BCUT2D eigenvalue weighted by atomic mass is 9.83. The Bertz CT molecular complexity index is 2610. The summed E-state index contributed by atoms with van der Waals surface area (Å²) in [5.41, 5.74) is 12.9. The van der Waals surface area contributed by atoms with E-state index < -0.39 is 0 Å². The maximum absolute atomic E-state index is 2.43. The fourth-order valence-corrected chi connectivity index (χ4v) is 7.99. The van der Waals surface area contributed by atoms with Gasteiger partial charge in [0.25, 0.3) is 0 Å². The topological polar surface area (TPSA) is 0 Å². The number of fused-ring (bicyclic) bond motifs is 6. The first-order chi connectivity index (χ1) is 22.8. The summed E-state index contributed by atoms with van der Waals surface area (Å²) in [5.74, 6) is 0. The molecule has 46 heavy (non-hydrogen) atoms. The lowest BCUT2D eigenvalue weighted by Crippen LogP contribution is -1.93. The molecule has 0 amide bonds. The van der Waals surface area contributed by atoms with Crippen LogP contribution in [0.1, 0.15) is 0 Å². The van der Waals surface area contributed by atoms with Crippen LogP contribution in [-0.4, -0.2) is 0 Å². The Morgan fingerprint density at radius 1 is 0.239 bits per heavy atom. The molecule has 0 atom stereocenters. The fourth-order valence-electron chi connectivity index (χ4n) is 7.99. The smallest absolute Gasteiger partial charge is 0.00199 e. The minimum atomic E-state index is 1.23. The molecule has 0 saturated heterocycles. The molecule has 9 aromatic carbocycles. The first-order valence-corrected chi connectivity index (χ1v) is 16.0. The van der Waals surface area contributed by atoms with Crippen LogP contribution in [0.4, 0.5) is 0 Å². The van der Waals surface area contributed by atoms with Crippen molar-refractivity contribution in [1.29, 1.82) is 0 Å². The van der Waals surface area contributed by atoms with Crippen molar-refractivity contribution in [3.63, 3.8) is 0 Å². The summed E-state index contributed by atoms with van der Waals surface area (Å²) in [4.78, 5) is 0. The number of rotatable bonds is 3. The molecule has 0 N–H and O–H groups in total. The summed E-state index contributed by atoms with van der Waals surface area (Å²) in [6.45, 7) is 0. The Balaban J connectivity index is 1.29. The largest absolute Gasteiger partial charge is 0.0622 e. The predicted octanol–water partition coefficient (Wildman–Crippen LogP) is 12.9. The first-order valence-electron chi connectivity index (χ1n) is 16.0. The maximum Gasteiger partial charge on any atom is -0.00199 e. The van der Waals surface area contributed by atoms with Gasteiger partial charge >= 0.3 is 0 Å². The zero-order valence-corrected chi connectivity index (χ0v) is 25.2. The molecule has 0 fully saturated rings. The highest BCUT2D eigenvalue weighted by molar-refractivity contribution is 6.24. The van der Waals surface area contributed by atoms with Crippen molar-refractivity contribution in [3.05, 3.63) is 170 Å². The monoisotopic (exact) mass is 580 g/mol. The van der Waals surface area contributed by atoms with E-state index in [4.69, 9.17) is 0 Å². The van der Waals surface area contributed by atoms with E-state index in [9.17, 15) is 0 Å². The van der Waals surface area contributed by atoms with Gasteiger partial charge in [-0.3, -0.25) is 0 Å². The first kappa shape index (κ1) is 25.4. The van der Waals surface area contributed by atoms with Crippen molar-refractivity contribution >= 4 is 43.1 Å². The summed E-state index contributed by atoms with van der Waals surface area (Å²) in [6.07, 6.45) is 0. The molecule has 0 heteroatoms. The lowest BCUT2D eigenvalue weighted by molar-refractivity contribution is 1.63. The van der Waals surface area contributed by atoms with Gasteiger partial charge < -0.3 is 0 Å². The normalized spacial score (nSPS) is 11.9. The third-order valence-electron chi connectivity index (χ3n) is 9.96. The van der Waals surface area contributed by atoms with Crippen LogP contribution in [0.2, 0.25) is 0 Å². The van der Waals surface area contributed by atoms with Crippen LogP contribution >= 0.6 is 0 Å². The molecular weight excluding hydrogens is 553 g/mol. The average Bonchev–Trinajstić information content (AvgIpc) is 3.45. The van der Waals surface area contributed by atoms with Gasteiger partial charge in [0.05, 0.1) is 0 Å². The summed E-state index contributed by atoms with van der Waals surface area (Å²) in [6, 6.07) is 62.8. The zero-order chi connectivity index (χ0) is 30.2. The summed E-state index contributed by atoms with van der Waals surface area (Å²) < 4.78 is 0. The predicted molar refractivity (Wildman–Crippen MR) is 197 cm³/mol. The highest BCUT2D eigenvalue weighted by Gasteiger charge is 2.23. The maximum atomic E-state index is 2.43. The molecule has 0 heterocycles. The molecule has 0 spiro atoms. The van der Waals surface area contributed by atoms with Crippen LogP contribution in [0.25, 0.3) is 98.7 Å². The Morgan fingerprint density at radius 2 is 0.783 bits per heavy atom. The van der Waals surface area contributed by atoms with Gasteiger partial charge in [-0.15, -0.1) is 0 Å². The van der Waals surface area contributed by atoms with Crippen molar-refractivity contribution in [2.24, 2.45) is 0 Å². The van der Waals surface area contributed by atoms with E-state index in [-0.39, 0.29) is 0 Å². The van der Waals surface area contributed by atoms with Gasteiger partial charge in [-0.2, -0.15) is 0 Å². The second-order valence-electron chi connectivity index (χ2n) is 12.4. The van der Waals surface area contributed by atoms with Gasteiger partial charge in [0, 0.05) is 0 Å². The van der Waals surface area contributed by atoms with E-state index in [0.29, 0.717) is 0 Å². The van der Waals surface area contributed by atoms with E-state index >= 15 is 0 Å². The lowest BCUT2D eigenvalue weighted by Gasteiger charge is -2.20. The van der Waals surface area contributed by atoms with Crippen LogP contribution in [0.15, 0.2) is 170 Å². The number of hydrogen-bond acceptors (Lipinski definition) is 0. The Morgan fingerprint density at radius 3 is 1.48 bits per heavy atom. The van der Waals surface area contributed by atoms with Crippen molar-refractivity contribution < 1.29 is 0 Å². The van der Waals surface area contributed by atoms with E-state index in [1.165, 1.54) is 98.7 Å². The molecule has 10 rings (SSSR count). The molecule has 1 aliphatic carbocycles. The van der Waals surface area contributed by atoms with E-state index in [1.807, 2.05) is 0 Å². The molecule has 212 valence electrons. The van der Waals surface area contributed by atoms with Gasteiger partial charge in [-0.1, -0.05) is 152 Å². The molecule has 0 saturated carbocycles. The van der Waals surface area contributed by atoms with Crippen molar-refractivity contribution in [2.45, 2.75) is 0 Å². The highest BCUT2D eigenvalue weighted by atomic mass is 14.3. The molecule has 0 bridgehead atoms. The van der Waals surface area contributed by atoms with Crippen LogP contribution in [0, 0.1) is 0 Å². The van der Waals surface area contributed by atoms with E-state index in [2.05, 4.69) is 170 Å². The minimum Gasteiger partial charge on any atom is -0.0622 e. The van der Waals surface area contributed by atoms with Crippen molar-refractivity contribution in [1.82, 2.24) is 0 Å². The number of benzene rings is 9. The van der Waals surface area contributed by atoms with Crippen LogP contribution < -0.4 is 0 Å². The third-order valence-corrected chi connectivity index (χ3v) is 9.96. The Kier molecular flexibility index (Phi) is 5.38. The standard InChI is InChI=1S/C46H28/c1-2-12-29(13-3-1)33-26-31-14-4-5-17-34(31)43(28-33)46-39-20-8-6-18-37(39)45(38-19-7-9-21-40(38)46)32-24-25-35-36-22-10-15-30-16-11-23-41(44(30)36)42(35)27-32/h1-28H. The number of hydrogen-bond donors (Lipinski definition) is 0. The fraction of sp³-hybridized carbons (Fsp3) is 0. The molecular formula is C46H28. The van der Waals surface area contributed by atoms with Gasteiger partial charge in [0.15, 0.2) is 0 Å². The van der Waals surface area contributed by atoms with Crippen molar-refractivity contribution in [2.75, 3.05) is 0 Å². The van der Waals surface area contributed by atoms with Gasteiger partial charge in [0.1, 0.15) is 0 Å². The molecule has 0 aromatic heterocycles. The zero-order valence-electron chi connectivity index (χ0n) is 25.2. The quantitative estimate of drug-likeness (QED) is 0.182. The van der Waals surface area contributed by atoms with Gasteiger partial charge in [-0.25, -0.2) is 0 Å². The molecule has 0 unspecified atom stereocenters. The molecule has 0 radical (unpaired) electrons. The van der Waals surface area contributed by atoms with Crippen LogP contribution in [0.3, 0.4) is 0 Å². The Hall–Kier alpha value is -5.98. The average molecular weight is 581 g/mol. The van der Waals surface area contributed by atoms with Gasteiger partial charge in [-0.05, 0) is 117 Å². The second kappa shape index (κ2) is 9.76. The van der Waals surface area contributed by atoms with Crippen molar-refractivity contribution in [3.8, 4) is 55.6 Å². The third kappa shape index (κ3) is 3.62. The SMILES string of the molecule is c1ccc(-c2cc(-c3c4ccccc4c(-c4ccc5c(c4)-c4cccc6cccc-5c46)c4ccccc34)c3ccccc3c2)cc1. The second-order valence-corrected chi connectivity index (χ2v) is 12.4. The summed E-state index contributed by atoms with van der Waals surface area (Å²) in [5, 5.41) is 10.3. The Labute approximate surface area is 267 Å². The molecule has 1 aliphatic rings. The van der Waals surface area contributed by atoms with E-state index in [0.717, 1.165) is 0 Å².